The van der Waals surface area contributed by atoms with Gasteiger partial charge in [-0.2, -0.15) is 5.26 Å². The molecule has 0 aliphatic heterocycles. The molecule has 0 aromatic heterocycles. The minimum atomic E-state index is -0.204. The summed E-state index contributed by atoms with van der Waals surface area (Å²) < 4.78 is 13.5. The second-order valence-electron chi connectivity index (χ2n) is 5.17. The number of hydrogen-bond acceptors (Lipinski definition) is 2. The summed E-state index contributed by atoms with van der Waals surface area (Å²) in [6, 6.07) is 14.6. The van der Waals surface area contributed by atoms with Crippen LogP contribution in [0.1, 0.15) is 22.3 Å². The van der Waals surface area contributed by atoms with E-state index in [0.29, 0.717) is 30.2 Å². The van der Waals surface area contributed by atoms with Gasteiger partial charge in [-0.15, -0.1) is 0 Å². The molecule has 0 aliphatic carbocycles. The van der Waals surface area contributed by atoms with Gasteiger partial charge >= 0.3 is 0 Å². The molecule has 0 spiro atoms. The van der Waals surface area contributed by atoms with Gasteiger partial charge in [-0.25, -0.2) is 4.39 Å². The van der Waals surface area contributed by atoms with E-state index in [0.717, 1.165) is 11.1 Å². The molecule has 2 aromatic carbocycles. The lowest BCUT2D eigenvalue weighted by Gasteiger charge is -2.12. The van der Waals surface area contributed by atoms with Crippen molar-refractivity contribution in [2.24, 2.45) is 4.99 Å². The SMILES string of the molecule is CN=C(NCc1ccc(C#N)cc1)NCc1ccc(C)c(F)c1. The highest BCUT2D eigenvalue weighted by Crippen LogP contribution is 2.08. The van der Waals surface area contributed by atoms with Gasteiger partial charge in [-0.1, -0.05) is 24.3 Å². The Kier molecular flexibility index (Phi) is 5.70. The molecule has 0 bridgehead atoms. The summed E-state index contributed by atoms with van der Waals surface area (Å²) in [5.41, 5.74) is 3.18. The van der Waals surface area contributed by atoms with Crippen molar-refractivity contribution < 1.29 is 4.39 Å². The summed E-state index contributed by atoms with van der Waals surface area (Å²) in [5.74, 6) is 0.431. The van der Waals surface area contributed by atoms with Gasteiger partial charge in [-0.3, -0.25) is 4.99 Å². The molecule has 0 unspecified atom stereocenters. The molecule has 0 saturated heterocycles. The Bertz CT molecular complexity index is 730. The third-order valence-electron chi connectivity index (χ3n) is 3.46. The molecule has 0 saturated carbocycles. The summed E-state index contributed by atoms with van der Waals surface area (Å²) in [6.45, 7) is 2.82. The Hall–Kier alpha value is -2.87. The van der Waals surface area contributed by atoms with Crippen LogP contribution in [0.25, 0.3) is 0 Å². The maximum absolute atomic E-state index is 13.5. The normalized spacial score (nSPS) is 11.0. The van der Waals surface area contributed by atoms with E-state index in [4.69, 9.17) is 5.26 Å². The van der Waals surface area contributed by atoms with Crippen LogP contribution in [0.4, 0.5) is 4.39 Å². The van der Waals surface area contributed by atoms with Crippen LogP contribution < -0.4 is 10.6 Å². The monoisotopic (exact) mass is 310 g/mol. The third kappa shape index (κ3) is 4.82. The minimum absolute atomic E-state index is 0.204. The minimum Gasteiger partial charge on any atom is -0.352 e. The summed E-state index contributed by atoms with van der Waals surface area (Å²) in [5, 5.41) is 15.1. The number of nitriles is 1. The Morgan fingerprint density at radius 2 is 1.70 bits per heavy atom. The number of guanidine groups is 1. The van der Waals surface area contributed by atoms with Crippen molar-refractivity contribution in [3.05, 3.63) is 70.5 Å². The molecular formula is C18H19FN4. The number of benzene rings is 2. The topological polar surface area (TPSA) is 60.2 Å². The van der Waals surface area contributed by atoms with Crippen molar-refractivity contribution >= 4 is 5.96 Å². The van der Waals surface area contributed by atoms with Crippen molar-refractivity contribution in [1.82, 2.24) is 10.6 Å². The van der Waals surface area contributed by atoms with E-state index in [1.165, 1.54) is 6.07 Å². The molecule has 2 aromatic rings. The molecule has 2 rings (SSSR count). The van der Waals surface area contributed by atoms with Gasteiger partial charge in [0.1, 0.15) is 5.82 Å². The van der Waals surface area contributed by atoms with Crippen LogP contribution >= 0.6 is 0 Å². The highest BCUT2D eigenvalue weighted by molar-refractivity contribution is 5.79. The molecule has 0 amide bonds. The molecular weight excluding hydrogens is 291 g/mol. The predicted octanol–water partition coefficient (Wildman–Crippen LogP) is 2.87. The predicted molar refractivity (Wildman–Crippen MR) is 89.3 cm³/mol. The number of aryl methyl sites for hydroxylation is 1. The van der Waals surface area contributed by atoms with E-state index in [-0.39, 0.29) is 5.82 Å². The summed E-state index contributed by atoms with van der Waals surface area (Å²) in [4.78, 5) is 4.14. The van der Waals surface area contributed by atoms with Crippen molar-refractivity contribution in [2.75, 3.05) is 7.05 Å². The summed E-state index contributed by atoms with van der Waals surface area (Å²) >= 11 is 0. The number of halogens is 1. The smallest absolute Gasteiger partial charge is 0.191 e. The molecule has 0 atom stereocenters. The van der Waals surface area contributed by atoms with E-state index >= 15 is 0 Å². The van der Waals surface area contributed by atoms with Gasteiger partial charge in [0.2, 0.25) is 0 Å². The Balaban J connectivity index is 1.87. The van der Waals surface area contributed by atoms with Crippen molar-refractivity contribution in [3.63, 3.8) is 0 Å². The lowest BCUT2D eigenvalue weighted by molar-refractivity contribution is 0.615. The van der Waals surface area contributed by atoms with Gasteiger partial charge < -0.3 is 10.6 Å². The van der Waals surface area contributed by atoms with Crippen LogP contribution in [-0.2, 0) is 13.1 Å². The lowest BCUT2D eigenvalue weighted by Crippen LogP contribution is -2.36. The van der Waals surface area contributed by atoms with Crippen LogP contribution in [0.3, 0.4) is 0 Å². The van der Waals surface area contributed by atoms with E-state index < -0.39 is 0 Å². The second-order valence-corrected chi connectivity index (χ2v) is 5.17. The van der Waals surface area contributed by atoms with Crippen LogP contribution in [0.2, 0.25) is 0 Å². The van der Waals surface area contributed by atoms with Crippen LogP contribution in [0.5, 0.6) is 0 Å². The molecule has 5 heteroatoms. The average molecular weight is 310 g/mol. The maximum Gasteiger partial charge on any atom is 0.191 e. The summed E-state index contributed by atoms with van der Waals surface area (Å²) in [7, 11) is 1.68. The fraction of sp³-hybridized carbons (Fsp3) is 0.222. The summed E-state index contributed by atoms with van der Waals surface area (Å²) in [6.07, 6.45) is 0. The largest absolute Gasteiger partial charge is 0.352 e. The molecule has 118 valence electrons. The van der Waals surface area contributed by atoms with Crippen LogP contribution in [0.15, 0.2) is 47.5 Å². The Labute approximate surface area is 135 Å². The third-order valence-corrected chi connectivity index (χ3v) is 3.46. The Morgan fingerprint density at radius 1 is 1.09 bits per heavy atom. The van der Waals surface area contributed by atoms with E-state index in [1.807, 2.05) is 18.2 Å². The quantitative estimate of drug-likeness (QED) is 0.674. The molecule has 2 N–H and O–H groups in total. The van der Waals surface area contributed by atoms with Crippen molar-refractivity contribution in [2.45, 2.75) is 20.0 Å². The first-order chi connectivity index (χ1) is 11.1. The van der Waals surface area contributed by atoms with Crippen molar-refractivity contribution in [1.29, 1.82) is 5.26 Å². The van der Waals surface area contributed by atoms with Crippen LogP contribution in [0, 0.1) is 24.1 Å². The number of rotatable bonds is 4. The fourth-order valence-electron chi connectivity index (χ4n) is 2.04. The highest BCUT2D eigenvalue weighted by atomic mass is 19.1. The zero-order valence-corrected chi connectivity index (χ0v) is 13.2. The average Bonchev–Trinajstić information content (AvgIpc) is 2.58. The van der Waals surface area contributed by atoms with E-state index in [1.54, 1.807) is 32.2 Å². The van der Waals surface area contributed by atoms with Gasteiger partial charge in [0.15, 0.2) is 5.96 Å². The molecule has 0 fully saturated rings. The standard InChI is InChI=1S/C18H19FN4/c1-13-3-4-16(9-17(13)19)12-23-18(21-2)22-11-15-7-5-14(10-20)6-8-15/h3-9H,11-12H2,1-2H3,(H2,21,22,23). The number of hydrogen-bond donors (Lipinski definition) is 2. The first kappa shape index (κ1) is 16.5. The molecule has 0 heterocycles. The first-order valence-corrected chi connectivity index (χ1v) is 7.31. The second kappa shape index (κ2) is 7.95. The number of nitrogens with one attached hydrogen (secondary N) is 2. The van der Waals surface area contributed by atoms with Gasteiger partial charge in [0, 0.05) is 20.1 Å². The van der Waals surface area contributed by atoms with Gasteiger partial charge in [0.05, 0.1) is 11.6 Å². The Morgan fingerprint density at radius 3 is 2.26 bits per heavy atom. The number of nitrogens with zero attached hydrogens (tertiary/aromatic N) is 2. The zero-order valence-electron chi connectivity index (χ0n) is 13.2. The van der Waals surface area contributed by atoms with Crippen LogP contribution in [-0.4, -0.2) is 13.0 Å². The molecule has 0 radical (unpaired) electrons. The van der Waals surface area contributed by atoms with Gasteiger partial charge in [0.25, 0.3) is 0 Å². The molecule has 4 nitrogen and oxygen atoms in total. The zero-order chi connectivity index (χ0) is 16.7. The highest BCUT2D eigenvalue weighted by Gasteiger charge is 2.02. The number of aliphatic imine (C=N–C) groups is 1. The van der Waals surface area contributed by atoms with Crippen molar-refractivity contribution in [3.8, 4) is 6.07 Å². The fourth-order valence-corrected chi connectivity index (χ4v) is 2.04. The van der Waals surface area contributed by atoms with E-state index in [2.05, 4.69) is 21.7 Å². The maximum atomic E-state index is 13.5. The molecule has 23 heavy (non-hydrogen) atoms. The first-order valence-electron chi connectivity index (χ1n) is 7.31. The molecule has 0 aliphatic rings. The van der Waals surface area contributed by atoms with E-state index in [9.17, 15) is 4.39 Å². The van der Waals surface area contributed by atoms with Gasteiger partial charge in [-0.05, 0) is 41.8 Å². The lowest BCUT2D eigenvalue weighted by atomic mass is 10.1.